The van der Waals surface area contributed by atoms with E-state index < -0.39 is 34.1 Å². The molecule has 0 aromatic heterocycles. The van der Waals surface area contributed by atoms with E-state index in [9.17, 15) is 0 Å². The molecule has 0 aromatic carbocycles. The summed E-state index contributed by atoms with van der Waals surface area (Å²) in [5.41, 5.74) is 0. The number of hydrogen-bond donors (Lipinski definition) is 0. The second-order valence-corrected chi connectivity index (χ2v) is 1.84. The van der Waals surface area contributed by atoms with Crippen LogP contribution in [0.4, 0.5) is 0 Å². The van der Waals surface area contributed by atoms with E-state index in [1.165, 1.54) is 0 Å². The van der Waals surface area contributed by atoms with Gasteiger partial charge in [-0.25, -0.2) is 0 Å². The molecule has 0 spiro atoms. The summed E-state index contributed by atoms with van der Waals surface area (Å²) >= 11 is -9.33. The van der Waals surface area contributed by atoms with Crippen molar-refractivity contribution in [3.8, 4) is 0 Å². The first kappa shape index (κ1) is 30.2. The number of hydrogen-bond acceptors (Lipinski definition) is 9. The molecule has 0 aliphatic carbocycles. The van der Waals surface area contributed by atoms with Crippen molar-refractivity contribution in [1.82, 2.24) is 0 Å². The van der Waals surface area contributed by atoms with Gasteiger partial charge >= 0.3 is 82.6 Å². The molecule has 0 fully saturated rings. The van der Waals surface area contributed by atoms with Crippen molar-refractivity contribution < 1.29 is 123 Å². The van der Waals surface area contributed by atoms with Crippen molar-refractivity contribution in [3.05, 3.63) is 0 Å². The van der Waals surface area contributed by atoms with Crippen LogP contribution in [0, 0.1) is 82.6 Å². The van der Waals surface area contributed by atoms with E-state index in [1.54, 1.807) is 0 Å². The second-order valence-electron chi connectivity index (χ2n) is 0.612. The summed E-state index contributed by atoms with van der Waals surface area (Å²) in [5.74, 6) is 0. The summed E-state index contributed by atoms with van der Waals surface area (Å²) in [6.45, 7) is 0. The third kappa shape index (κ3) is 336. The van der Waals surface area contributed by atoms with E-state index >= 15 is 0 Å². The molecular formula is O9Pr2S3. The number of rotatable bonds is 0. The van der Waals surface area contributed by atoms with Gasteiger partial charge in [0.15, 0.2) is 0 Å². The Hall–Kier alpha value is 2.94. The summed E-state index contributed by atoms with van der Waals surface area (Å²) < 4.78 is 76.0. The third-order valence-electron chi connectivity index (χ3n) is 0. The van der Waals surface area contributed by atoms with Gasteiger partial charge in [0.05, 0.1) is 0 Å². The minimum atomic E-state index is -3.11. The van der Waals surface area contributed by atoms with Crippen LogP contribution in [0.2, 0.25) is 0 Å². The summed E-state index contributed by atoms with van der Waals surface area (Å²) in [4.78, 5) is 0. The van der Waals surface area contributed by atoms with Gasteiger partial charge in [-0.3, -0.25) is 12.6 Å². The van der Waals surface area contributed by atoms with Gasteiger partial charge < -0.3 is 27.3 Å². The molecule has 0 atom stereocenters. The molecule has 0 unspecified atom stereocenters. The molecule has 0 aromatic rings. The molecule has 0 bridgehead atoms. The summed E-state index contributed by atoms with van der Waals surface area (Å²) in [5, 5.41) is 0. The van der Waals surface area contributed by atoms with Gasteiger partial charge in [-0.1, -0.05) is 0 Å². The zero-order valence-corrected chi connectivity index (χ0v) is 15.9. The van der Waals surface area contributed by atoms with Crippen molar-refractivity contribution in [2.45, 2.75) is 0 Å². The summed E-state index contributed by atoms with van der Waals surface area (Å²) in [6, 6.07) is 0. The summed E-state index contributed by atoms with van der Waals surface area (Å²) in [6.07, 6.45) is 0. The van der Waals surface area contributed by atoms with Crippen LogP contribution in [-0.2, 0) is 34.1 Å². The van der Waals surface area contributed by atoms with Crippen LogP contribution in [0.1, 0.15) is 0 Å². The molecule has 0 saturated heterocycles. The standard InChI is InChI=1S/3H2O3S.2Pr/c3*1-4(2)3;;/h3*(H2,1,2,3);;/q;;;2*+3/p-6. The van der Waals surface area contributed by atoms with E-state index in [0.717, 1.165) is 0 Å². The molecule has 14 heteroatoms. The minimum absolute atomic E-state index is 0. The SMILES string of the molecule is O=S([O-])[O-].O=S([O-])[O-].O=S([O-])[O-].[Pr+3].[Pr+3]. The molecule has 9 nitrogen and oxygen atoms in total. The van der Waals surface area contributed by atoms with E-state index in [0.29, 0.717) is 0 Å². The Morgan fingerprint density at radius 1 is 0.500 bits per heavy atom. The molecular weight excluding hydrogens is 522 g/mol. The molecule has 0 heterocycles. The Labute approximate surface area is 153 Å². The quantitative estimate of drug-likeness (QED) is 0.299. The molecule has 0 rings (SSSR count). The van der Waals surface area contributed by atoms with E-state index in [2.05, 4.69) is 0 Å². The first-order valence-corrected chi connectivity index (χ1v) is 4.50. The normalized spacial score (nSPS) is 7.50. The van der Waals surface area contributed by atoms with Crippen molar-refractivity contribution in [3.63, 3.8) is 0 Å². The molecule has 0 amide bonds. The third-order valence-corrected chi connectivity index (χ3v) is 0. The van der Waals surface area contributed by atoms with E-state index in [1.807, 2.05) is 0 Å². The maximum Gasteiger partial charge on any atom is 3.00 e. The molecule has 0 N–H and O–H groups in total. The van der Waals surface area contributed by atoms with E-state index in [4.69, 9.17) is 39.9 Å². The molecule has 78 valence electrons. The van der Waals surface area contributed by atoms with Crippen LogP contribution in [0.3, 0.4) is 0 Å². The fourth-order valence-corrected chi connectivity index (χ4v) is 0. The Kier molecular flexibility index (Phi) is 53.8. The van der Waals surface area contributed by atoms with Gasteiger partial charge in [0.2, 0.25) is 0 Å². The first-order chi connectivity index (χ1) is 5.20. The molecule has 0 aliphatic rings. The Morgan fingerprint density at radius 3 is 0.500 bits per heavy atom. The summed E-state index contributed by atoms with van der Waals surface area (Å²) in [7, 11) is 0. The Bertz CT molecular complexity index is 116. The molecule has 14 heavy (non-hydrogen) atoms. The van der Waals surface area contributed by atoms with Crippen LogP contribution >= 0.6 is 0 Å². The van der Waals surface area contributed by atoms with Gasteiger partial charge in [0, 0.05) is 0 Å². The largest absolute Gasteiger partial charge is 3.00 e. The zero-order chi connectivity index (χ0) is 10.7. The van der Waals surface area contributed by atoms with Crippen molar-refractivity contribution in [1.29, 1.82) is 0 Å². The van der Waals surface area contributed by atoms with Crippen LogP contribution in [-0.4, -0.2) is 39.9 Å². The average Bonchev–Trinajstić information content (AvgIpc) is 1.54. The molecule has 0 aliphatic heterocycles. The predicted octanol–water partition coefficient (Wildman–Crippen LogP) is -3.01. The second kappa shape index (κ2) is 25.0. The zero-order valence-electron chi connectivity index (χ0n) is 6.05. The van der Waals surface area contributed by atoms with Gasteiger partial charge in [-0.15, -0.1) is 34.1 Å². The van der Waals surface area contributed by atoms with Gasteiger partial charge in [-0.2, -0.15) is 0 Å². The van der Waals surface area contributed by atoms with Crippen molar-refractivity contribution in [2.24, 2.45) is 0 Å². The Balaban J connectivity index is -0.0000000270. The fraction of sp³-hybridized carbons (Fsp3) is 0. The predicted molar refractivity (Wildman–Crippen MR) is 29.1 cm³/mol. The van der Waals surface area contributed by atoms with Gasteiger partial charge in [0.1, 0.15) is 0 Å². The molecule has 0 radical (unpaired) electrons. The maximum absolute atomic E-state index is 8.44. The molecule has 0 saturated carbocycles. The maximum atomic E-state index is 8.44. The van der Waals surface area contributed by atoms with E-state index in [-0.39, 0.29) is 82.6 Å². The average molecular weight is 522 g/mol. The van der Waals surface area contributed by atoms with Crippen molar-refractivity contribution in [2.75, 3.05) is 0 Å². The van der Waals surface area contributed by atoms with Crippen LogP contribution in [0.25, 0.3) is 0 Å². The van der Waals surface area contributed by atoms with Gasteiger partial charge in [0.25, 0.3) is 0 Å². The topological polar surface area (TPSA) is 190 Å². The van der Waals surface area contributed by atoms with Crippen LogP contribution in [0.15, 0.2) is 0 Å². The van der Waals surface area contributed by atoms with Crippen molar-refractivity contribution >= 4 is 34.1 Å². The first-order valence-electron chi connectivity index (χ1n) is 1.50. The van der Waals surface area contributed by atoms with Crippen LogP contribution in [0.5, 0.6) is 0 Å². The Morgan fingerprint density at radius 2 is 0.500 bits per heavy atom. The fourth-order valence-electron chi connectivity index (χ4n) is 0. The van der Waals surface area contributed by atoms with Gasteiger partial charge in [-0.05, 0) is 0 Å². The monoisotopic (exact) mass is 522 g/mol. The minimum Gasteiger partial charge on any atom is -0.784 e. The van der Waals surface area contributed by atoms with Crippen LogP contribution < -0.4 is 0 Å². The smallest absolute Gasteiger partial charge is 0.784 e.